The highest BCUT2D eigenvalue weighted by Crippen LogP contribution is 2.24. The molecule has 3 nitrogen and oxygen atoms in total. The van der Waals surface area contributed by atoms with E-state index in [1.165, 1.54) is 12.7 Å². The van der Waals surface area contributed by atoms with Crippen molar-refractivity contribution in [2.75, 3.05) is 7.11 Å². The molecule has 0 radical (unpaired) electrons. The molecule has 0 saturated carbocycles. The zero-order valence-corrected chi connectivity index (χ0v) is 20.7. The van der Waals surface area contributed by atoms with Gasteiger partial charge in [-0.1, -0.05) is 123 Å². The first-order valence-corrected chi connectivity index (χ1v) is 11.5. The predicted molar refractivity (Wildman–Crippen MR) is 152 cm³/mol. The van der Waals surface area contributed by atoms with E-state index in [1.54, 1.807) is 18.2 Å². The molecule has 0 spiro atoms. The van der Waals surface area contributed by atoms with E-state index in [-0.39, 0.29) is 0 Å². The molecular formula is C33H32O3. The molecule has 0 N–H and O–H groups in total. The van der Waals surface area contributed by atoms with Crippen molar-refractivity contribution in [2.24, 2.45) is 0 Å². The van der Waals surface area contributed by atoms with E-state index in [2.05, 4.69) is 19.7 Å². The molecule has 0 bridgehead atoms. The maximum absolute atomic E-state index is 10.8. The van der Waals surface area contributed by atoms with Crippen molar-refractivity contribution < 1.29 is 14.3 Å². The Kier molecular flexibility index (Phi) is 12.3. The third kappa shape index (κ3) is 9.70. The molecule has 0 saturated heterocycles. The third-order valence-electron chi connectivity index (χ3n) is 5.02. The predicted octanol–water partition coefficient (Wildman–Crippen LogP) is 8.39. The maximum Gasteiger partial charge on any atom is 0.153 e. The second-order valence-electron chi connectivity index (χ2n) is 7.49. The van der Waals surface area contributed by atoms with Crippen molar-refractivity contribution in [1.82, 2.24) is 0 Å². The van der Waals surface area contributed by atoms with Crippen LogP contribution in [0.3, 0.4) is 0 Å². The fraction of sp³-hybridized carbons (Fsp3) is 0.0606. The Morgan fingerprint density at radius 3 is 1.61 bits per heavy atom. The number of rotatable bonds is 8. The molecule has 182 valence electrons. The lowest BCUT2D eigenvalue weighted by Crippen LogP contribution is -1.97. The van der Waals surface area contributed by atoms with E-state index >= 15 is 0 Å². The first kappa shape index (κ1) is 27.6. The van der Waals surface area contributed by atoms with Crippen molar-refractivity contribution in [3.05, 3.63) is 151 Å². The van der Waals surface area contributed by atoms with Crippen LogP contribution in [-0.2, 0) is 6.61 Å². The minimum Gasteiger partial charge on any atom is -0.496 e. The van der Waals surface area contributed by atoms with Gasteiger partial charge in [0.2, 0.25) is 0 Å². The molecular weight excluding hydrogens is 444 g/mol. The van der Waals surface area contributed by atoms with Gasteiger partial charge in [-0.3, -0.25) is 4.79 Å². The summed E-state index contributed by atoms with van der Waals surface area (Å²) in [5.41, 5.74) is 5.07. The Labute approximate surface area is 214 Å². The van der Waals surface area contributed by atoms with E-state index in [9.17, 15) is 4.79 Å². The third-order valence-corrected chi connectivity index (χ3v) is 5.02. The van der Waals surface area contributed by atoms with Crippen molar-refractivity contribution in [1.29, 1.82) is 0 Å². The summed E-state index contributed by atoms with van der Waals surface area (Å²) in [5.74, 6) is 1.21. The fourth-order valence-electron chi connectivity index (χ4n) is 2.98. The van der Waals surface area contributed by atoms with Gasteiger partial charge in [-0.25, -0.2) is 0 Å². The summed E-state index contributed by atoms with van der Waals surface area (Å²) in [6, 6.07) is 33.2. The molecule has 0 aromatic heterocycles. The van der Waals surface area contributed by atoms with Crippen LogP contribution < -0.4 is 9.47 Å². The van der Waals surface area contributed by atoms with E-state index in [0.717, 1.165) is 23.0 Å². The summed E-state index contributed by atoms with van der Waals surface area (Å²) >= 11 is 0. The molecule has 4 aromatic rings. The van der Waals surface area contributed by atoms with Crippen LogP contribution in [0.5, 0.6) is 11.5 Å². The SMILES string of the molecule is C=Cc1ccc(C=C)cc1.C=Cc1ccccc1.COc1cc(OCc2ccccc2)ccc1C=O. The van der Waals surface area contributed by atoms with Gasteiger partial charge in [0.05, 0.1) is 12.7 Å². The minimum atomic E-state index is 0.491. The number of carbonyl (C=O) groups excluding carboxylic acids is 1. The van der Waals surface area contributed by atoms with Crippen LogP contribution in [-0.4, -0.2) is 13.4 Å². The van der Waals surface area contributed by atoms with E-state index in [4.69, 9.17) is 9.47 Å². The number of carbonyl (C=O) groups is 1. The quantitative estimate of drug-likeness (QED) is 0.240. The summed E-state index contributed by atoms with van der Waals surface area (Å²) < 4.78 is 10.8. The molecule has 0 aliphatic rings. The van der Waals surface area contributed by atoms with Gasteiger partial charge in [-0.05, 0) is 34.4 Å². The highest BCUT2D eigenvalue weighted by atomic mass is 16.5. The van der Waals surface area contributed by atoms with Crippen molar-refractivity contribution in [2.45, 2.75) is 6.61 Å². The molecule has 3 heteroatoms. The van der Waals surface area contributed by atoms with Gasteiger partial charge in [0.1, 0.15) is 18.1 Å². The van der Waals surface area contributed by atoms with Crippen LogP contribution in [0.25, 0.3) is 18.2 Å². The Morgan fingerprint density at radius 2 is 1.17 bits per heavy atom. The average Bonchev–Trinajstić information content (AvgIpc) is 2.97. The van der Waals surface area contributed by atoms with E-state index in [0.29, 0.717) is 23.7 Å². The van der Waals surface area contributed by atoms with E-state index < -0.39 is 0 Å². The number of benzene rings is 4. The lowest BCUT2D eigenvalue weighted by molar-refractivity contribution is 0.112. The number of hydrogen-bond acceptors (Lipinski definition) is 3. The molecule has 4 aromatic carbocycles. The van der Waals surface area contributed by atoms with Crippen molar-refractivity contribution in [3.63, 3.8) is 0 Å². The highest BCUT2D eigenvalue weighted by Gasteiger charge is 2.04. The Bertz CT molecular complexity index is 1180. The zero-order chi connectivity index (χ0) is 26.0. The summed E-state index contributed by atoms with van der Waals surface area (Å²) in [5, 5.41) is 0. The van der Waals surface area contributed by atoms with Gasteiger partial charge in [0, 0.05) is 6.07 Å². The average molecular weight is 477 g/mol. The molecule has 0 aliphatic heterocycles. The number of aldehydes is 1. The Balaban J connectivity index is 0.000000213. The van der Waals surface area contributed by atoms with Gasteiger partial charge in [0.15, 0.2) is 6.29 Å². The maximum atomic E-state index is 10.8. The topological polar surface area (TPSA) is 35.5 Å². The fourth-order valence-corrected chi connectivity index (χ4v) is 2.98. The molecule has 0 unspecified atom stereocenters. The smallest absolute Gasteiger partial charge is 0.153 e. The molecule has 0 aliphatic carbocycles. The molecule has 4 rings (SSSR count). The normalized spacial score (nSPS) is 9.25. The van der Waals surface area contributed by atoms with Gasteiger partial charge >= 0.3 is 0 Å². The summed E-state index contributed by atoms with van der Waals surface area (Å²) in [7, 11) is 1.53. The lowest BCUT2D eigenvalue weighted by atomic mass is 10.1. The van der Waals surface area contributed by atoms with Gasteiger partial charge in [-0.15, -0.1) is 0 Å². The van der Waals surface area contributed by atoms with Crippen LogP contribution in [0.2, 0.25) is 0 Å². The van der Waals surface area contributed by atoms with Crippen LogP contribution >= 0.6 is 0 Å². The summed E-state index contributed by atoms with van der Waals surface area (Å²) in [6.45, 7) is 11.4. The lowest BCUT2D eigenvalue weighted by Gasteiger charge is -2.09. The second kappa shape index (κ2) is 16.1. The summed E-state index contributed by atoms with van der Waals surface area (Å²) in [6.07, 6.45) is 6.25. The number of hydrogen-bond donors (Lipinski definition) is 0. The van der Waals surface area contributed by atoms with Crippen LogP contribution in [0.4, 0.5) is 0 Å². The first-order chi connectivity index (χ1) is 17.6. The minimum absolute atomic E-state index is 0.491. The number of methoxy groups -OCH3 is 1. The van der Waals surface area contributed by atoms with Crippen molar-refractivity contribution >= 4 is 24.5 Å². The monoisotopic (exact) mass is 476 g/mol. The van der Waals surface area contributed by atoms with Crippen LogP contribution in [0, 0.1) is 0 Å². The number of ether oxygens (including phenoxy) is 2. The molecule has 36 heavy (non-hydrogen) atoms. The standard InChI is InChI=1S/C15H14O3.C10H10.C8H8/c1-17-15-9-14(8-7-13(15)10-16)18-11-12-5-3-2-4-6-12;1-3-9-5-7-10(4-2)8-6-9;1-2-8-6-4-3-5-7-8/h2-10H,11H2,1H3;3-8H,1-2H2;2-7H,1H2. The summed E-state index contributed by atoms with van der Waals surface area (Å²) in [4.78, 5) is 10.8. The Morgan fingerprint density at radius 1 is 0.667 bits per heavy atom. The Hall–Kier alpha value is -4.63. The van der Waals surface area contributed by atoms with Gasteiger partial charge in [-0.2, -0.15) is 0 Å². The zero-order valence-electron chi connectivity index (χ0n) is 20.7. The molecule has 0 amide bonds. The highest BCUT2D eigenvalue weighted by molar-refractivity contribution is 5.79. The molecule has 0 heterocycles. The van der Waals surface area contributed by atoms with Crippen molar-refractivity contribution in [3.8, 4) is 11.5 Å². The molecule has 0 fully saturated rings. The molecule has 0 atom stereocenters. The largest absolute Gasteiger partial charge is 0.496 e. The van der Waals surface area contributed by atoms with Gasteiger partial charge < -0.3 is 9.47 Å². The second-order valence-corrected chi connectivity index (χ2v) is 7.49. The van der Waals surface area contributed by atoms with Gasteiger partial charge in [0.25, 0.3) is 0 Å². The van der Waals surface area contributed by atoms with Crippen LogP contribution in [0.15, 0.2) is 123 Å². The van der Waals surface area contributed by atoms with E-state index in [1.807, 2.05) is 103 Å². The van der Waals surface area contributed by atoms with Crippen LogP contribution in [0.1, 0.15) is 32.6 Å². The first-order valence-electron chi connectivity index (χ1n) is 11.5.